The van der Waals surface area contributed by atoms with Gasteiger partial charge < -0.3 is 19.1 Å². The van der Waals surface area contributed by atoms with Crippen LogP contribution in [0.5, 0.6) is 17.2 Å². The second-order valence-corrected chi connectivity index (χ2v) is 7.37. The van der Waals surface area contributed by atoms with E-state index in [0.717, 1.165) is 10.5 Å². The summed E-state index contributed by atoms with van der Waals surface area (Å²) in [5, 5.41) is 0. The number of carbonyl (C=O) groups is 3. The standard InChI is InChI=1S/C24H28N2O6/c1-5-22(27)25(13-12-16-6-11-20(31-3)21(14-16)32-4)19-15-23(28)26(24(19)29)17-7-9-18(30-2)10-8-17/h6-11,14,19H,5,12-13,15H2,1-4H3/t19-/m0/s1. The smallest absolute Gasteiger partial charge is 0.257 e. The number of benzene rings is 2. The van der Waals surface area contributed by atoms with E-state index in [9.17, 15) is 14.4 Å². The maximum atomic E-state index is 13.2. The van der Waals surface area contributed by atoms with E-state index in [0.29, 0.717) is 35.9 Å². The largest absolute Gasteiger partial charge is 0.497 e. The van der Waals surface area contributed by atoms with Crippen molar-refractivity contribution in [1.29, 1.82) is 0 Å². The van der Waals surface area contributed by atoms with Crippen molar-refractivity contribution >= 4 is 23.4 Å². The average Bonchev–Trinajstić information content (AvgIpc) is 3.12. The summed E-state index contributed by atoms with van der Waals surface area (Å²) in [5.74, 6) is 0.940. The number of nitrogens with zero attached hydrogens (tertiary/aromatic N) is 2. The Hall–Kier alpha value is -3.55. The number of anilines is 1. The molecule has 0 unspecified atom stereocenters. The second kappa shape index (κ2) is 10.2. The van der Waals surface area contributed by atoms with Gasteiger partial charge in [-0.3, -0.25) is 14.4 Å². The van der Waals surface area contributed by atoms with Crippen LogP contribution >= 0.6 is 0 Å². The molecule has 0 N–H and O–H groups in total. The molecule has 8 nitrogen and oxygen atoms in total. The van der Waals surface area contributed by atoms with Crippen LogP contribution in [0.3, 0.4) is 0 Å². The molecule has 1 aliphatic rings. The molecular weight excluding hydrogens is 412 g/mol. The fraction of sp³-hybridized carbons (Fsp3) is 0.375. The topological polar surface area (TPSA) is 85.4 Å². The van der Waals surface area contributed by atoms with Gasteiger partial charge in [0.1, 0.15) is 11.8 Å². The number of hydrogen-bond donors (Lipinski definition) is 0. The molecule has 1 atom stereocenters. The van der Waals surface area contributed by atoms with E-state index in [4.69, 9.17) is 14.2 Å². The summed E-state index contributed by atoms with van der Waals surface area (Å²) in [7, 11) is 4.67. The van der Waals surface area contributed by atoms with Gasteiger partial charge in [-0.25, -0.2) is 4.90 Å². The van der Waals surface area contributed by atoms with Crippen molar-refractivity contribution < 1.29 is 28.6 Å². The number of amides is 3. The van der Waals surface area contributed by atoms with Crippen molar-refractivity contribution in [3.05, 3.63) is 48.0 Å². The SMILES string of the molecule is CCC(=O)N(CCc1ccc(OC)c(OC)c1)[C@H]1CC(=O)N(c2ccc(OC)cc2)C1=O. The minimum atomic E-state index is -0.822. The third-order valence-corrected chi connectivity index (χ3v) is 5.54. The zero-order valence-electron chi connectivity index (χ0n) is 18.8. The summed E-state index contributed by atoms with van der Waals surface area (Å²) in [5.41, 5.74) is 1.40. The van der Waals surface area contributed by atoms with Crippen molar-refractivity contribution in [2.45, 2.75) is 32.2 Å². The molecule has 1 saturated heterocycles. The number of hydrogen-bond acceptors (Lipinski definition) is 6. The highest BCUT2D eigenvalue weighted by molar-refractivity contribution is 6.23. The monoisotopic (exact) mass is 440 g/mol. The van der Waals surface area contributed by atoms with Crippen LogP contribution in [0.4, 0.5) is 5.69 Å². The molecule has 2 aromatic carbocycles. The lowest BCUT2D eigenvalue weighted by molar-refractivity contribution is -0.138. The number of ether oxygens (including phenoxy) is 3. The van der Waals surface area contributed by atoms with Gasteiger partial charge in [0.15, 0.2) is 11.5 Å². The second-order valence-electron chi connectivity index (χ2n) is 7.37. The third kappa shape index (κ3) is 4.69. The normalized spacial score (nSPS) is 15.6. The average molecular weight is 440 g/mol. The van der Waals surface area contributed by atoms with E-state index >= 15 is 0 Å². The predicted octanol–water partition coefficient (Wildman–Crippen LogP) is 2.83. The van der Waals surface area contributed by atoms with E-state index in [1.54, 1.807) is 58.6 Å². The highest BCUT2D eigenvalue weighted by atomic mass is 16.5. The van der Waals surface area contributed by atoms with Gasteiger partial charge in [0.25, 0.3) is 5.91 Å². The molecule has 1 aliphatic heterocycles. The first-order valence-corrected chi connectivity index (χ1v) is 10.4. The lowest BCUT2D eigenvalue weighted by Crippen LogP contribution is -2.46. The first-order valence-electron chi connectivity index (χ1n) is 10.4. The molecule has 0 spiro atoms. The molecule has 3 rings (SSSR count). The minimum absolute atomic E-state index is 0.0392. The van der Waals surface area contributed by atoms with Crippen LogP contribution in [0.2, 0.25) is 0 Å². The van der Waals surface area contributed by atoms with E-state index in [1.165, 1.54) is 4.90 Å². The molecule has 0 aromatic heterocycles. The molecule has 0 radical (unpaired) electrons. The summed E-state index contributed by atoms with van der Waals surface area (Å²) in [6, 6.07) is 11.4. The quantitative estimate of drug-likeness (QED) is 0.558. The van der Waals surface area contributed by atoms with Crippen LogP contribution in [0.15, 0.2) is 42.5 Å². The van der Waals surface area contributed by atoms with Crippen molar-refractivity contribution in [3.63, 3.8) is 0 Å². The number of rotatable bonds is 9. The Morgan fingerprint density at radius 2 is 1.69 bits per heavy atom. The molecule has 0 aliphatic carbocycles. The first kappa shape index (κ1) is 23.1. The Morgan fingerprint density at radius 3 is 2.28 bits per heavy atom. The summed E-state index contributed by atoms with van der Waals surface area (Å²) in [4.78, 5) is 41.2. The van der Waals surface area contributed by atoms with Crippen LogP contribution in [0.25, 0.3) is 0 Å². The molecule has 0 bridgehead atoms. The Balaban J connectivity index is 1.79. The van der Waals surface area contributed by atoms with Gasteiger partial charge in [-0.15, -0.1) is 0 Å². The Morgan fingerprint density at radius 1 is 1.00 bits per heavy atom. The molecule has 1 heterocycles. The van der Waals surface area contributed by atoms with Crippen molar-refractivity contribution in [2.75, 3.05) is 32.8 Å². The molecule has 2 aromatic rings. The number of carbonyl (C=O) groups excluding carboxylic acids is 3. The van der Waals surface area contributed by atoms with Crippen molar-refractivity contribution in [2.24, 2.45) is 0 Å². The lowest BCUT2D eigenvalue weighted by Gasteiger charge is -2.27. The summed E-state index contributed by atoms with van der Waals surface area (Å²) >= 11 is 0. The van der Waals surface area contributed by atoms with Crippen LogP contribution in [-0.4, -0.2) is 56.5 Å². The van der Waals surface area contributed by atoms with E-state index in [-0.39, 0.29) is 24.7 Å². The minimum Gasteiger partial charge on any atom is -0.497 e. The maximum absolute atomic E-state index is 13.2. The van der Waals surface area contributed by atoms with Crippen LogP contribution in [0, 0.1) is 0 Å². The summed E-state index contributed by atoms with van der Waals surface area (Å²) < 4.78 is 15.7. The van der Waals surface area contributed by atoms with E-state index < -0.39 is 11.9 Å². The molecule has 1 fully saturated rings. The molecule has 0 saturated carbocycles. The summed E-state index contributed by atoms with van der Waals surface area (Å²) in [6.45, 7) is 2.05. The van der Waals surface area contributed by atoms with Crippen LogP contribution in [0.1, 0.15) is 25.3 Å². The highest BCUT2D eigenvalue weighted by Gasteiger charge is 2.43. The number of imide groups is 1. The third-order valence-electron chi connectivity index (χ3n) is 5.54. The highest BCUT2D eigenvalue weighted by Crippen LogP contribution is 2.30. The zero-order valence-corrected chi connectivity index (χ0v) is 18.8. The Labute approximate surface area is 187 Å². The van der Waals surface area contributed by atoms with Gasteiger partial charge in [-0.2, -0.15) is 0 Å². The Kier molecular flexibility index (Phi) is 7.35. The number of methoxy groups -OCH3 is 3. The predicted molar refractivity (Wildman–Crippen MR) is 119 cm³/mol. The van der Waals surface area contributed by atoms with Gasteiger partial charge in [-0.05, 0) is 48.4 Å². The molecule has 32 heavy (non-hydrogen) atoms. The lowest BCUT2D eigenvalue weighted by atomic mass is 10.1. The Bertz CT molecular complexity index is 988. The first-order chi connectivity index (χ1) is 15.4. The fourth-order valence-corrected chi connectivity index (χ4v) is 3.81. The molecule has 8 heteroatoms. The molecule has 170 valence electrons. The van der Waals surface area contributed by atoms with Crippen LogP contribution in [-0.2, 0) is 20.8 Å². The van der Waals surface area contributed by atoms with Gasteiger partial charge >= 0.3 is 0 Å². The maximum Gasteiger partial charge on any atom is 0.257 e. The van der Waals surface area contributed by atoms with Gasteiger partial charge in [-0.1, -0.05) is 13.0 Å². The van der Waals surface area contributed by atoms with E-state index in [1.807, 2.05) is 12.1 Å². The van der Waals surface area contributed by atoms with Gasteiger partial charge in [0.2, 0.25) is 11.8 Å². The molecule has 3 amide bonds. The van der Waals surface area contributed by atoms with E-state index in [2.05, 4.69) is 0 Å². The fourth-order valence-electron chi connectivity index (χ4n) is 3.81. The van der Waals surface area contributed by atoms with Crippen molar-refractivity contribution in [1.82, 2.24) is 4.90 Å². The summed E-state index contributed by atoms with van der Waals surface area (Å²) in [6.07, 6.45) is 0.710. The van der Waals surface area contributed by atoms with Gasteiger partial charge in [0.05, 0.1) is 33.4 Å². The zero-order chi connectivity index (χ0) is 23.3. The van der Waals surface area contributed by atoms with Gasteiger partial charge in [0, 0.05) is 13.0 Å². The molecular formula is C24H28N2O6. The van der Waals surface area contributed by atoms with Crippen molar-refractivity contribution in [3.8, 4) is 17.2 Å². The van der Waals surface area contributed by atoms with Crippen LogP contribution < -0.4 is 19.1 Å².